The highest BCUT2D eigenvalue weighted by atomic mass is 35.5. The molecule has 25 heavy (non-hydrogen) atoms. The van der Waals surface area contributed by atoms with Crippen LogP contribution in [-0.2, 0) is 0 Å². The van der Waals surface area contributed by atoms with Crippen molar-refractivity contribution in [3.8, 4) is 5.75 Å². The van der Waals surface area contributed by atoms with Crippen molar-refractivity contribution in [1.82, 2.24) is 20.3 Å². The molecular weight excluding hydrogens is 342 g/mol. The van der Waals surface area contributed by atoms with Gasteiger partial charge >= 0.3 is 0 Å². The van der Waals surface area contributed by atoms with E-state index in [4.69, 9.17) is 4.74 Å². The van der Waals surface area contributed by atoms with E-state index in [-0.39, 0.29) is 18.3 Å². The van der Waals surface area contributed by atoms with Gasteiger partial charge in [-0.05, 0) is 51.9 Å². The summed E-state index contributed by atoms with van der Waals surface area (Å²) in [4.78, 5) is 12.6. The smallest absolute Gasteiger partial charge is 0.278 e. The van der Waals surface area contributed by atoms with Gasteiger partial charge in [-0.2, -0.15) is 0 Å². The highest BCUT2D eigenvalue weighted by Crippen LogP contribution is 2.25. The Hall–Kier alpha value is -2.12. The highest BCUT2D eigenvalue weighted by Gasteiger charge is 2.23. The third-order valence-corrected chi connectivity index (χ3v) is 4.23. The minimum atomic E-state index is -0.264. The van der Waals surface area contributed by atoms with Crippen molar-refractivity contribution in [3.05, 3.63) is 35.7 Å². The van der Waals surface area contributed by atoms with Crippen molar-refractivity contribution in [3.63, 3.8) is 0 Å². The van der Waals surface area contributed by atoms with Crippen molar-refractivity contribution in [2.24, 2.45) is 0 Å². The number of aromatic nitrogens is 3. The number of carbonyl (C=O) groups is 1. The summed E-state index contributed by atoms with van der Waals surface area (Å²) in [6.07, 6.45) is 2.00. The Labute approximate surface area is 153 Å². The maximum Gasteiger partial charge on any atom is 0.278 e. The molecule has 2 heterocycles. The van der Waals surface area contributed by atoms with Gasteiger partial charge in [0.25, 0.3) is 5.91 Å². The Morgan fingerprint density at radius 1 is 1.36 bits per heavy atom. The summed E-state index contributed by atoms with van der Waals surface area (Å²) in [6, 6.07) is 7.68. The van der Waals surface area contributed by atoms with Crippen LogP contribution in [0.3, 0.4) is 0 Å². The first-order valence-corrected chi connectivity index (χ1v) is 8.36. The molecule has 0 saturated carbocycles. The van der Waals surface area contributed by atoms with Crippen LogP contribution in [0.15, 0.2) is 24.3 Å². The first-order valence-electron chi connectivity index (χ1n) is 8.36. The van der Waals surface area contributed by atoms with Crippen LogP contribution in [0, 0.1) is 6.92 Å². The number of carbonyl (C=O) groups excluding carboxylic acids is 1. The Kier molecular flexibility index (Phi) is 6.78. The first kappa shape index (κ1) is 19.2. The van der Waals surface area contributed by atoms with Gasteiger partial charge in [-0.1, -0.05) is 17.3 Å². The summed E-state index contributed by atoms with van der Waals surface area (Å²) < 4.78 is 7.42. The molecule has 7 nitrogen and oxygen atoms in total. The van der Waals surface area contributed by atoms with Crippen LogP contribution in [0.4, 0.5) is 5.69 Å². The van der Waals surface area contributed by atoms with Crippen molar-refractivity contribution in [2.45, 2.75) is 32.7 Å². The number of amides is 1. The van der Waals surface area contributed by atoms with E-state index in [0.29, 0.717) is 29.8 Å². The molecule has 1 aromatic heterocycles. The van der Waals surface area contributed by atoms with Gasteiger partial charge in [0, 0.05) is 0 Å². The number of nitrogens with one attached hydrogen (secondary N) is 2. The second-order valence-corrected chi connectivity index (χ2v) is 5.83. The fraction of sp³-hybridized carbons (Fsp3) is 0.471. The van der Waals surface area contributed by atoms with Crippen molar-refractivity contribution >= 4 is 24.0 Å². The number of ether oxygens (including phenoxy) is 1. The molecule has 136 valence electrons. The second-order valence-electron chi connectivity index (χ2n) is 5.83. The number of rotatable bonds is 5. The molecule has 0 aliphatic carbocycles. The Morgan fingerprint density at radius 2 is 2.08 bits per heavy atom. The molecule has 1 saturated heterocycles. The SMILES string of the molecule is CCOc1ccccc1NC(=O)c1nnn(C2CCNCC2)c1C.Cl. The van der Waals surface area contributed by atoms with E-state index in [9.17, 15) is 4.79 Å². The summed E-state index contributed by atoms with van der Waals surface area (Å²) in [5, 5.41) is 14.5. The number of halogens is 1. The molecule has 0 unspecified atom stereocenters. The Morgan fingerprint density at radius 3 is 2.80 bits per heavy atom. The van der Waals surface area contributed by atoms with E-state index in [1.165, 1.54) is 0 Å². The highest BCUT2D eigenvalue weighted by molar-refractivity contribution is 6.04. The number of para-hydroxylation sites is 2. The monoisotopic (exact) mass is 365 g/mol. The Balaban J connectivity index is 0.00000225. The van der Waals surface area contributed by atoms with Gasteiger partial charge in [-0.15, -0.1) is 17.5 Å². The summed E-state index contributed by atoms with van der Waals surface area (Å²) in [5.41, 5.74) is 1.80. The number of nitrogens with zero attached hydrogens (tertiary/aromatic N) is 3. The average Bonchev–Trinajstić information content (AvgIpc) is 2.99. The van der Waals surface area contributed by atoms with Gasteiger partial charge in [0.1, 0.15) is 5.75 Å². The summed E-state index contributed by atoms with van der Waals surface area (Å²) >= 11 is 0. The van der Waals surface area contributed by atoms with Gasteiger partial charge in [0.05, 0.1) is 24.0 Å². The molecule has 3 rings (SSSR count). The normalized spacial score (nSPS) is 14.6. The minimum Gasteiger partial charge on any atom is -0.492 e. The topological polar surface area (TPSA) is 81.1 Å². The molecule has 1 amide bonds. The molecule has 0 spiro atoms. The zero-order chi connectivity index (χ0) is 16.9. The molecule has 1 aromatic carbocycles. The zero-order valence-corrected chi connectivity index (χ0v) is 15.3. The molecule has 0 atom stereocenters. The van der Waals surface area contributed by atoms with Crippen LogP contribution >= 0.6 is 12.4 Å². The van der Waals surface area contributed by atoms with Crippen molar-refractivity contribution in [1.29, 1.82) is 0 Å². The van der Waals surface area contributed by atoms with Crippen LogP contribution in [-0.4, -0.2) is 40.6 Å². The van der Waals surface area contributed by atoms with E-state index in [2.05, 4.69) is 20.9 Å². The number of hydrogen-bond donors (Lipinski definition) is 2. The van der Waals surface area contributed by atoms with Crippen LogP contribution in [0.5, 0.6) is 5.75 Å². The van der Waals surface area contributed by atoms with Crippen LogP contribution in [0.25, 0.3) is 0 Å². The molecule has 8 heteroatoms. The third-order valence-electron chi connectivity index (χ3n) is 4.23. The molecule has 2 aromatic rings. The lowest BCUT2D eigenvalue weighted by molar-refractivity contribution is 0.102. The van der Waals surface area contributed by atoms with E-state index >= 15 is 0 Å². The molecule has 1 aliphatic rings. The predicted molar refractivity (Wildman–Crippen MR) is 98.7 cm³/mol. The molecule has 2 N–H and O–H groups in total. The van der Waals surface area contributed by atoms with Gasteiger partial charge in [0.15, 0.2) is 5.69 Å². The maximum atomic E-state index is 12.6. The van der Waals surface area contributed by atoms with E-state index in [0.717, 1.165) is 31.6 Å². The maximum absolute atomic E-state index is 12.6. The molecule has 1 aliphatic heterocycles. The fourth-order valence-electron chi connectivity index (χ4n) is 2.98. The lowest BCUT2D eigenvalue weighted by Gasteiger charge is -2.23. The molecule has 0 radical (unpaired) electrons. The predicted octanol–water partition coefficient (Wildman–Crippen LogP) is 2.58. The van der Waals surface area contributed by atoms with Crippen LogP contribution in [0.1, 0.15) is 42.0 Å². The zero-order valence-electron chi connectivity index (χ0n) is 14.5. The molecule has 1 fully saturated rings. The van der Waals surface area contributed by atoms with E-state index in [1.807, 2.05) is 42.8 Å². The third kappa shape index (κ3) is 4.29. The number of piperidine rings is 1. The van der Waals surface area contributed by atoms with Crippen LogP contribution in [0.2, 0.25) is 0 Å². The van der Waals surface area contributed by atoms with Gasteiger partial charge < -0.3 is 15.4 Å². The number of benzene rings is 1. The van der Waals surface area contributed by atoms with E-state index < -0.39 is 0 Å². The van der Waals surface area contributed by atoms with Crippen molar-refractivity contribution in [2.75, 3.05) is 25.0 Å². The minimum absolute atomic E-state index is 0. The lowest BCUT2D eigenvalue weighted by Crippen LogP contribution is -2.30. The van der Waals surface area contributed by atoms with Gasteiger partial charge in [-0.25, -0.2) is 4.68 Å². The molecule has 0 bridgehead atoms. The summed E-state index contributed by atoms with van der Waals surface area (Å²) in [6.45, 7) is 6.27. The number of anilines is 1. The lowest BCUT2D eigenvalue weighted by atomic mass is 10.1. The standard InChI is InChI=1S/C17H23N5O2.ClH/c1-3-24-15-7-5-4-6-14(15)19-17(23)16-12(2)22(21-20-16)13-8-10-18-11-9-13;/h4-7,13,18H,3,8-11H2,1-2H3,(H,19,23);1H. The van der Waals surface area contributed by atoms with Crippen LogP contribution < -0.4 is 15.4 Å². The van der Waals surface area contributed by atoms with E-state index in [1.54, 1.807) is 0 Å². The summed E-state index contributed by atoms with van der Waals surface area (Å²) in [7, 11) is 0. The second kappa shape index (κ2) is 8.82. The summed E-state index contributed by atoms with van der Waals surface area (Å²) in [5.74, 6) is 0.386. The van der Waals surface area contributed by atoms with Gasteiger partial charge in [0.2, 0.25) is 0 Å². The largest absolute Gasteiger partial charge is 0.492 e. The van der Waals surface area contributed by atoms with Gasteiger partial charge in [-0.3, -0.25) is 4.79 Å². The first-order chi connectivity index (χ1) is 11.7. The quantitative estimate of drug-likeness (QED) is 0.851. The van der Waals surface area contributed by atoms with Crippen molar-refractivity contribution < 1.29 is 9.53 Å². The number of hydrogen-bond acceptors (Lipinski definition) is 5. The average molecular weight is 366 g/mol. The molecular formula is C17H24ClN5O2. The fourth-order valence-corrected chi connectivity index (χ4v) is 2.98. The Bertz CT molecular complexity index is 713.